The molecule has 1 aliphatic rings. The zero-order valence-corrected chi connectivity index (χ0v) is 10.5. The van der Waals surface area contributed by atoms with Gasteiger partial charge in [0.25, 0.3) is 5.56 Å². The van der Waals surface area contributed by atoms with Crippen LogP contribution in [0.5, 0.6) is 0 Å². The summed E-state index contributed by atoms with van der Waals surface area (Å²) in [6.07, 6.45) is 2.75. The highest BCUT2D eigenvalue weighted by molar-refractivity contribution is 5.89. The molecule has 0 unspecified atom stereocenters. The number of nitrogens with one attached hydrogen (secondary N) is 1. The third-order valence-corrected chi connectivity index (χ3v) is 3.04. The van der Waals surface area contributed by atoms with E-state index < -0.39 is 27.8 Å². The van der Waals surface area contributed by atoms with E-state index in [4.69, 9.17) is 5.11 Å². The molecule has 2 aromatic rings. The van der Waals surface area contributed by atoms with E-state index in [1.807, 2.05) is 0 Å². The van der Waals surface area contributed by atoms with Gasteiger partial charge in [-0.1, -0.05) is 0 Å². The molecular weight excluding hydrogens is 282 g/mol. The first-order valence-electron chi connectivity index (χ1n) is 6.04. The SMILES string of the molecule is O=C(O)c1nn(-c2cc(=O)[nH]c(C3CC3)n2)cc1[N+](=O)[O-]. The van der Waals surface area contributed by atoms with Crippen molar-refractivity contribution in [2.45, 2.75) is 18.8 Å². The standard InChI is InChI=1S/C11H9N5O5/c17-8-3-7(12-10(13-8)5-1-2-5)15-4-6(16(20)21)9(14-15)11(18)19/h3-5H,1-2H2,(H,18,19)(H,12,13,17). The first kappa shape index (κ1) is 13.0. The van der Waals surface area contributed by atoms with E-state index in [-0.39, 0.29) is 11.7 Å². The van der Waals surface area contributed by atoms with E-state index in [0.717, 1.165) is 29.8 Å². The third kappa shape index (κ3) is 2.38. The van der Waals surface area contributed by atoms with Gasteiger partial charge in [0.15, 0.2) is 5.82 Å². The minimum Gasteiger partial charge on any atom is -0.476 e. The molecule has 0 aliphatic heterocycles. The fourth-order valence-corrected chi connectivity index (χ4v) is 1.90. The number of aromatic carboxylic acids is 1. The highest BCUT2D eigenvalue weighted by Gasteiger charge is 2.28. The highest BCUT2D eigenvalue weighted by atomic mass is 16.6. The van der Waals surface area contributed by atoms with Crippen molar-refractivity contribution in [2.75, 3.05) is 0 Å². The molecule has 108 valence electrons. The Bertz CT molecular complexity index is 772. The first-order valence-corrected chi connectivity index (χ1v) is 6.04. The second kappa shape index (κ2) is 4.51. The molecule has 2 aromatic heterocycles. The molecule has 3 rings (SSSR count). The van der Waals surface area contributed by atoms with E-state index in [1.54, 1.807) is 0 Å². The smallest absolute Gasteiger partial charge is 0.363 e. The molecular formula is C11H9N5O5. The number of rotatable bonds is 4. The molecule has 0 bridgehead atoms. The number of carboxylic acids is 1. The Morgan fingerprint density at radius 1 is 1.52 bits per heavy atom. The largest absolute Gasteiger partial charge is 0.476 e. The van der Waals surface area contributed by atoms with Gasteiger partial charge in [-0.05, 0) is 12.8 Å². The lowest BCUT2D eigenvalue weighted by Crippen LogP contribution is -2.14. The number of hydrogen-bond donors (Lipinski definition) is 2. The maximum Gasteiger partial charge on any atom is 0.363 e. The van der Waals surface area contributed by atoms with Crippen LogP contribution in [0.15, 0.2) is 17.1 Å². The van der Waals surface area contributed by atoms with Gasteiger partial charge in [0.1, 0.15) is 12.0 Å². The Balaban J connectivity index is 2.12. The minimum atomic E-state index is -1.52. The third-order valence-electron chi connectivity index (χ3n) is 3.04. The summed E-state index contributed by atoms with van der Waals surface area (Å²) in [6, 6.07) is 1.11. The first-order chi connectivity index (χ1) is 9.95. The summed E-state index contributed by atoms with van der Waals surface area (Å²) in [5, 5.41) is 23.4. The van der Waals surface area contributed by atoms with Crippen LogP contribution >= 0.6 is 0 Å². The van der Waals surface area contributed by atoms with Gasteiger partial charge in [0.2, 0.25) is 5.69 Å². The van der Waals surface area contributed by atoms with Gasteiger partial charge >= 0.3 is 11.7 Å². The summed E-state index contributed by atoms with van der Waals surface area (Å²) in [5.41, 5.74) is -1.77. The fourth-order valence-electron chi connectivity index (χ4n) is 1.90. The van der Waals surface area contributed by atoms with E-state index in [9.17, 15) is 19.7 Å². The number of aromatic nitrogens is 4. The molecule has 0 atom stereocenters. The summed E-state index contributed by atoms with van der Waals surface area (Å²) < 4.78 is 0.933. The van der Waals surface area contributed by atoms with Gasteiger partial charge in [-0.15, -0.1) is 0 Å². The number of aromatic amines is 1. The molecule has 21 heavy (non-hydrogen) atoms. The van der Waals surface area contributed by atoms with Crippen LogP contribution in [0.4, 0.5) is 5.69 Å². The topological polar surface area (TPSA) is 144 Å². The molecule has 0 spiro atoms. The molecule has 1 fully saturated rings. The van der Waals surface area contributed by atoms with Crippen LogP contribution in [0.3, 0.4) is 0 Å². The van der Waals surface area contributed by atoms with Crippen LogP contribution < -0.4 is 5.56 Å². The average Bonchev–Trinajstić information content (AvgIpc) is 3.15. The number of nitro groups is 1. The summed E-state index contributed by atoms with van der Waals surface area (Å²) in [6.45, 7) is 0. The van der Waals surface area contributed by atoms with Gasteiger partial charge in [0.05, 0.1) is 4.92 Å². The average molecular weight is 291 g/mol. The number of H-pyrrole nitrogens is 1. The van der Waals surface area contributed by atoms with Crippen molar-refractivity contribution in [1.29, 1.82) is 0 Å². The summed E-state index contributed by atoms with van der Waals surface area (Å²) in [7, 11) is 0. The van der Waals surface area contributed by atoms with E-state index in [2.05, 4.69) is 15.1 Å². The van der Waals surface area contributed by atoms with Crippen molar-refractivity contribution in [3.8, 4) is 5.82 Å². The predicted molar refractivity (Wildman–Crippen MR) is 67.6 cm³/mol. The lowest BCUT2D eigenvalue weighted by molar-refractivity contribution is -0.385. The predicted octanol–water partition coefficient (Wildman–Crippen LogP) is 0.439. The number of carbonyl (C=O) groups is 1. The van der Waals surface area contributed by atoms with Crippen molar-refractivity contribution in [3.63, 3.8) is 0 Å². The Kier molecular flexibility index (Phi) is 2.78. The maximum atomic E-state index is 11.6. The van der Waals surface area contributed by atoms with Crippen molar-refractivity contribution in [1.82, 2.24) is 19.7 Å². The van der Waals surface area contributed by atoms with Crippen molar-refractivity contribution < 1.29 is 14.8 Å². The van der Waals surface area contributed by atoms with Crippen LogP contribution in [0.1, 0.15) is 35.1 Å². The lowest BCUT2D eigenvalue weighted by Gasteiger charge is -2.02. The second-order valence-electron chi connectivity index (χ2n) is 4.63. The number of hydrogen-bond acceptors (Lipinski definition) is 6. The van der Waals surface area contributed by atoms with Gasteiger partial charge in [-0.2, -0.15) is 5.10 Å². The minimum absolute atomic E-state index is 0.0521. The number of nitrogens with zero attached hydrogens (tertiary/aromatic N) is 4. The second-order valence-corrected chi connectivity index (χ2v) is 4.63. The van der Waals surface area contributed by atoms with E-state index >= 15 is 0 Å². The quantitative estimate of drug-likeness (QED) is 0.614. The van der Waals surface area contributed by atoms with E-state index in [0.29, 0.717) is 5.82 Å². The van der Waals surface area contributed by atoms with Crippen LogP contribution in [-0.2, 0) is 0 Å². The van der Waals surface area contributed by atoms with Crippen molar-refractivity contribution in [3.05, 3.63) is 44.2 Å². The molecule has 1 aliphatic carbocycles. The van der Waals surface area contributed by atoms with Gasteiger partial charge in [-0.25, -0.2) is 14.5 Å². The van der Waals surface area contributed by atoms with Gasteiger partial charge < -0.3 is 10.1 Å². The molecule has 10 heteroatoms. The van der Waals surface area contributed by atoms with Gasteiger partial charge in [0, 0.05) is 12.0 Å². The van der Waals surface area contributed by atoms with Crippen LogP contribution in [-0.4, -0.2) is 35.7 Å². The highest BCUT2D eigenvalue weighted by Crippen LogP contribution is 2.37. The van der Waals surface area contributed by atoms with Gasteiger partial charge in [-0.3, -0.25) is 14.9 Å². The number of carboxylic acid groups (broad SMARTS) is 1. The normalized spacial score (nSPS) is 14.1. The molecule has 0 saturated heterocycles. The zero-order valence-electron chi connectivity index (χ0n) is 10.5. The molecule has 2 heterocycles. The Hall–Kier alpha value is -3.04. The fraction of sp³-hybridized carbons (Fsp3) is 0.273. The Morgan fingerprint density at radius 2 is 2.24 bits per heavy atom. The molecule has 0 aromatic carbocycles. The van der Waals surface area contributed by atoms with Crippen LogP contribution in [0, 0.1) is 10.1 Å². The monoisotopic (exact) mass is 291 g/mol. The molecule has 2 N–H and O–H groups in total. The maximum absolute atomic E-state index is 11.6. The molecule has 10 nitrogen and oxygen atoms in total. The molecule has 1 saturated carbocycles. The lowest BCUT2D eigenvalue weighted by atomic mass is 10.4. The Morgan fingerprint density at radius 3 is 2.76 bits per heavy atom. The summed E-state index contributed by atoms with van der Waals surface area (Å²) >= 11 is 0. The summed E-state index contributed by atoms with van der Waals surface area (Å²) in [5.74, 6) is -0.821. The summed E-state index contributed by atoms with van der Waals surface area (Å²) in [4.78, 5) is 39.3. The van der Waals surface area contributed by atoms with Crippen LogP contribution in [0.2, 0.25) is 0 Å². The van der Waals surface area contributed by atoms with Crippen molar-refractivity contribution in [2.24, 2.45) is 0 Å². The molecule has 0 amide bonds. The zero-order chi connectivity index (χ0) is 15.1. The van der Waals surface area contributed by atoms with Crippen LogP contribution in [0.25, 0.3) is 5.82 Å². The van der Waals surface area contributed by atoms with Crippen molar-refractivity contribution >= 4 is 11.7 Å². The van der Waals surface area contributed by atoms with E-state index in [1.165, 1.54) is 0 Å². The Labute approximate surface area is 116 Å². The molecule has 0 radical (unpaired) electrons.